The second kappa shape index (κ2) is 9.53. The summed E-state index contributed by atoms with van der Waals surface area (Å²) in [6.07, 6.45) is 1.56. The minimum absolute atomic E-state index is 0.0834. The third kappa shape index (κ3) is 6.13. The molecule has 1 saturated heterocycles. The molecule has 8 nitrogen and oxygen atoms in total. The maximum atomic E-state index is 11.7. The molecule has 1 rings (SSSR count). The lowest BCUT2D eigenvalue weighted by molar-refractivity contribution is -0.276. The Morgan fingerprint density at radius 1 is 1.20 bits per heavy atom. The van der Waals surface area contributed by atoms with Crippen molar-refractivity contribution in [1.82, 2.24) is 0 Å². The van der Waals surface area contributed by atoms with E-state index in [0.29, 0.717) is 6.42 Å². The molecule has 0 aromatic carbocycles. The fraction of sp³-hybridized carbons (Fsp3) is 0.706. The van der Waals surface area contributed by atoms with Crippen LogP contribution in [0.15, 0.2) is 12.2 Å². The highest BCUT2D eigenvalue weighted by Crippen LogP contribution is 2.36. The first-order valence-electron chi connectivity index (χ1n) is 8.22. The molecule has 1 heterocycles. The molecule has 0 radical (unpaired) electrons. The lowest BCUT2D eigenvalue weighted by atomic mass is 9.84. The molecule has 1 fully saturated rings. The van der Waals surface area contributed by atoms with E-state index in [0.717, 1.165) is 6.42 Å². The minimum Gasteiger partial charge on any atom is -0.463 e. The van der Waals surface area contributed by atoms with Crippen LogP contribution in [0.4, 0.5) is 0 Å². The average Bonchev–Trinajstić information content (AvgIpc) is 2.48. The zero-order valence-corrected chi connectivity index (χ0v) is 15.0. The van der Waals surface area contributed by atoms with Crippen molar-refractivity contribution in [2.45, 2.75) is 71.1 Å². The van der Waals surface area contributed by atoms with Gasteiger partial charge in [0, 0.05) is 27.2 Å². The maximum absolute atomic E-state index is 11.7. The lowest BCUT2D eigenvalue weighted by Crippen LogP contribution is -2.62. The molecule has 1 N–H and O–H groups in total. The molecule has 1 aliphatic heterocycles. The Kier molecular flexibility index (Phi) is 8.05. The van der Waals surface area contributed by atoms with Crippen LogP contribution in [0.5, 0.6) is 0 Å². The fourth-order valence-corrected chi connectivity index (χ4v) is 2.69. The van der Waals surface area contributed by atoms with Crippen molar-refractivity contribution in [2.24, 2.45) is 0 Å². The number of esters is 3. The van der Waals surface area contributed by atoms with Crippen molar-refractivity contribution in [2.75, 3.05) is 6.61 Å². The number of aliphatic hydroxyl groups is 1. The summed E-state index contributed by atoms with van der Waals surface area (Å²) in [5, 5.41) is 9.95. The molecule has 0 aromatic heterocycles. The van der Waals surface area contributed by atoms with E-state index in [1.54, 1.807) is 12.2 Å². The Bertz CT molecular complexity index is 515. The number of hydrogen-bond acceptors (Lipinski definition) is 8. The van der Waals surface area contributed by atoms with E-state index < -0.39 is 42.0 Å². The number of carbonyl (C=O) groups is 3. The van der Waals surface area contributed by atoms with Gasteiger partial charge < -0.3 is 24.1 Å². The van der Waals surface area contributed by atoms with E-state index in [2.05, 4.69) is 0 Å². The van der Waals surface area contributed by atoms with Crippen LogP contribution >= 0.6 is 0 Å². The van der Waals surface area contributed by atoms with Crippen LogP contribution in [-0.2, 0) is 33.3 Å². The van der Waals surface area contributed by atoms with Gasteiger partial charge in [0.2, 0.25) is 0 Å². The number of unbranched alkanes of at least 4 members (excludes halogenated alkanes) is 1. The molecule has 0 unspecified atom stereocenters. The van der Waals surface area contributed by atoms with Crippen LogP contribution in [-0.4, -0.2) is 53.7 Å². The Morgan fingerprint density at radius 3 is 2.40 bits per heavy atom. The van der Waals surface area contributed by atoms with E-state index in [9.17, 15) is 19.5 Å². The van der Waals surface area contributed by atoms with Gasteiger partial charge in [-0.25, -0.2) is 0 Å². The molecule has 25 heavy (non-hydrogen) atoms. The standard InChI is InChI=1S/C17H26O8/c1-5-6-7-8-17(25-13(4)20)14(23-12(3)19)9-16(21)24-15(17)10-22-11(2)18/h7-8,14-16,21H,5-6,9-10H2,1-4H3/t14-,15-,16+,17-/m1/s1. The van der Waals surface area contributed by atoms with Gasteiger partial charge in [-0.1, -0.05) is 19.4 Å². The van der Waals surface area contributed by atoms with Crippen LogP contribution in [0, 0.1) is 0 Å². The number of rotatable bonds is 7. The molecule has 0 spiro atoms. The lowest BCUT2D eigenvalue weighted by Gasteiger charge is -2.46. The summed E-state index contributed by atoms with van der Waals surface area (Å²) in [6.45, 7) is 5.37. The number of ether oxygens (including phenoxy) is 4. The van der Waals surface area contributed by atoms with Crippen molar-refractivity contribution in [3.63, 3.8) is 0 Å². The van der Waals surface area contributed by atoms with E-state index >= 15 is 0 Å². The van der Waals surface area contributed by atoms with Crippen molar-refractivity contribution in [1.29, 1.82) is 0 Å². The zero-order chi connectivity index (χ0) is 19.0. The molecular weight excluding hydrogens is 332 g/mol. The van der Waals surface area contributed by atoms with E-state index in [1.807, 2.05) is 6.92 Å². The predicted molar refractivity (Wildman–Crippen MR) is 86.2 cm³/mol. The van der Waals surface area contributed by atoms with Gasteiger partial charge >= 0.3 is 17.9 Å². The highest BCUT2D eigenvalue weighted by molar-refractivity contribution is 5.68. The molecule has 0 amide bonds. The first-order valence-corrected chi connectivity index (χ1v) is 8.22. The van der Waals surface area contributed by atoms with E-state index in [4.69, 9.17) is 18.9 Å². The van der Waals surface area contributed by atoms with Gasteiger partial charge in [-0.05, 0) is 12.5 Å². The van der Waals surface area contributed by atoms with E-state index in [1.165, 1.54) is 20.8 Å². The van der Waals surface area contributed by atoms with Gasteiger partial charge in [-0.2, -0.15) is 0 Å². The molecular formula is C17H26O8. The van der Waals surface area contributed by atoms with Crippen LogP contribution in [0.25, 0.3) is 0 Å². The summed E-state index contributed by atoms with van der Waals surface area (Å²) < 4.78 is 21.2. The number of allylic oxidation sites excluding steroid dienone is 1. The van der Waals surface area contributed by atoms with Gasteiger partial charge in [-0.15, -0.1) is 0 Å². The highest BCUT2D eigenvalue weighted by atomic mass is 16.7. The van der Waals surface area contributed by atoms with Crippen molar-refractivity contribution < 1.29 is 38.4 Å². The summed E-state index contributed by atoms with van der Waals surface area (Å²) in [7, 11) is 0. The monoisotopic (exact) mass is 358 g/mol. The largest absolute Gasteiger partial charge is 0.463 e. The maximum Gasteiger partial charge on any atom is 0.303 e. The van der Waals surface area contributed by atoms with Gasteiger partial charge in [0.15, 0.2) is 18.0 Å². The summed E-state index contributed by atoms with van der Waals surface area (Å²) in [5.74, 6) is -1.76. The van der Waals surface area contributed by atoms with Crippen LogP contribution < -0.4 is 0 Å². The summed E-state index contributed by atoms with van der Waals surface area (Å²) in [5.41, 5.74) is -1.50. The predicted octanol–water partition coefficient (Wildman–Crippen LogP) is 1.25. The van der Waals surface area contributed by atoms with Crippen molar-refractivity contribution >= 4 is 17.9 Å². The average molecular weight is 358 g/mol. The molecule has 0 aromatic rings. The molecule has 0 saturated carbocycles. The third-order valence-electron chi connectivity index (χ3n) is 3.64. The van der Waals surface area contributed by atoms with Crippen LogP contribution in [0.3, 0.4) is 0 Å². The molecule has 8 heteroatoms. The van der Waals surface area contributed by atoms with Gasteiger partial charge in [0.25, 0.3) is 0 Å². The fourth-order valence-electron chi connectivity index (χ4n) is 2.69. The third-order valence-corrected chi connectivity index (χ3v) is 3.64. The minimum atomic E-state index is -1.50. The first-order chi connectivity index (χ1) is 11.7. The SMILES string of the molecule is CCCC=C[C@@]1(OC(C)=O)[C@H](OC(C)=O)C[C@@H](O)O[C@@H]1COC(C)=O. The quantitative estimate of drug-likeness (QED) is 0.411. The summed E-state index contributed by atoms with van der Waals surface area (Å²) in [6, 6.07) is 0. The van der Waals surface area contributed by atoms with Crippen LogP contribution in [0.1, 0.15) is 47.0 Å². The van der Waals surface area contributed by atoms with Gasteiger partial charge in [0.1, 0.15) is 12.7 Å². The first kappa shape index (κ1) is 21.1. The Balaban J connectivity index is 3.30. The smallest absolute Gasteiger partial charge is 0.303 e. The van der Waals surface area contributed by atoms with E-state index in [-0.39, 0.29) is 13.0 Å². The second-order valence-corrected chi connectivity index (χ2v) is 5.85. The van der Waals surface area contributed by atoms with Crippen molar-refractivity contribution in [3.8, 4) is 0 Å². The van der Waals surface area contributed by atoms with Gasteiger partial charge in [0.05, 0.1) is 0 Å². The second-order valence-electron chi connectivity index (χ2n) is 5.85. The Labute approximate surface area is 147 Å². The summed E-state index contributed by atoms with van der Waals surface area (Å²) in [4.78, 5) is 34.4. The number of carbonyl (C=O) groups excluding carboxylic acids is 3. The topological polar surface area (TPSA) is 108 Å². The molecule has 0 aliphatic carbocycles. The van der Waals surface area contributed by atoms with Crippen molar-refractivity contribution in [3.05, 3.63) is 12.2 Å². The van der Waals surface area contributed by atoms with Crippen LogP contribution in [0.2, 0.25) is 0 Å². The zero-order valence-electron chi connectivity index (χ0n) is 15.0. The molecule has 1 aliphatic rings. The highest BCUT2D eigenvalue weighted by Gasteiger charge is 2.55. The number of hydrogen-bond donors (Lipinski definition) is 1. The van der Waals surface area contributed by atoms with Gasteiger partial charge in [-0.3, -0.25) is 14.4 Å². The number of aliphatic hydroxyl groups excluding tert-OH is 1. The molecule has 142 valence electrons. The summed E-state index contributed by atoms with van der Waals surface area (Å²) >= 11 is 0. The molecule has 0 bridgehead atoms. The molecule has 4 atom stereocenters. The normalized spacial score (nSPS) is 29.2. The Morgan fingerprint density at radius 2 is 1.88 bits per heavy atom. The Hall–Kier alpha value is -1.93.